The molecule has 8 nitrogen and oxygen atoms in total. The van der Waals surface area contributed by atoms with Gasteiger partial charge in [-0.1, -0.05) is 36.3 Å². The number of rotatable bonds is 9. The van der Waals surface area contributed by atoms with E-state index in [-0.39, 0.29) is 23.3 Å². The summed E-state index contributed by atoms with van der Waals surface area (Å²) in [5, 5.41) is 14.4. The Bertz CT molecular complexity index is 999. The van der Waals surface area contributed by atoms with Crippen LogP contribution in [0.2, 0.25) is 0 Å². The Morgan fingerprint density at radius 2 is 1.81 bits per heavy atom. The number of carboxylic acids is 1. The van der Waals surface area contributed by atoms with E-state index in [1.54, 1.807) is 30.5 Å². The maximum atomic E-state index is 12.8. The predicted octanol–water partition coefficient (Wildman–Crippen LogP) is 3.83. The largest absolute Gasteiger partial charge is 0.481 e. The summed E-state index contributed by atoms with van der Waals surface area (Å²) in [5.41, 5.74) is 1.25. The zero-order valence-corrected chi connectivity index (χ0v) is 18.6. The number of carbonyl (C=O) groups is 4. The highest BCUT2D eigenvalue weighted by molar-refractivity contribution is 8.00. The Hall–Kier alpha value is -2.72. The number of benzene rings is 1. The van der Waals surface area contributed by atoms with Crippen molar-refractivity contribution in [2.75, 3.05) is 16.9 Å². The predicted molar refractivity (Wildman–Crippen MR) is 120 cm³/mol. The molecule has 1 aromatic carbocycles. The molecule has 3 N–H and O–H groups in total. The molecule has 2 aromatic rings. The first kappa shape index (κ1) is 23.0. The quantitative estimate of drug-likeness (QED) is 0.294. The average Bonchev–Trinajstić information content (AvgIpc) is 3.37. The molecule has 1 aromatic heterocycles. The summed E-state index contributed by atoms with van der Waals surface area (Å²) in [5.74, 6) is -2.12. The van der Waals surface area contributed by atoms with Crippen LogP contribution >= 0.6 is 23.1 Å². The number of para-hydroxylation sites is 1. The van der Waals surface area contributed by atoms with E-state index in [4.69, 9.17) is 5.11 Å². The second-order valence-corrected chi connectivity index (χ2v) is 9.27. The highest BCUT2D eigenvalue weighted by atomic mass is 32.2. The maximum absolute atomic E-state index is 12.8. The van der Waals surface area contributed by atoms with Crippen LogP contribution in [-0.2, 0) is 20.8 Å². The van der Waals surface area contributed by atoms with Gasteiger partial charge in [0.2, 0.25) is 11.8 Å². The lowest BCUT2D eigenvalue weighted by Gasteiger charge is -2.13. The molecule has 1 saturated carbocycles. The molecule has 2 amide bonds. The van der Waals surface area contributed by atoms with Crippen molar-refractivity contribution in [3.63, 3.8) is 0 Å². The zero-order valence-electron chi connectivity index (χ0n) is 17.0. The number of nitrogens with one attached hydrogen (secondary N) is 2. The van der Waals surface area contributed by atoms with Crippen LogP contribution in [0.4, 0.5) is 10.8 Å². The molecule has 1 aliphatic rings. The number of hydrogen-bond acceptors (Lipinski definition) is 7. The normalized spacial score (nSPS) is 13.7. The topological polar surface area (TPSA) is 125 Å². The minimum Gasteiger partial charge on any atom is -0.481 e. The van der Waals surface area contributed by atoms with Gasteiger partial charge in [-0.15, -0.1) is 11.8 Å². The number of anilines is 2. The van der Waals surface area contributed by atoms with E-state index < -0.39 is 24.2 Å². The average molecular weight is 462 g/mol. The van der Waals surface area contributed by atoms with Crippen molar-refractivity contribution in [2.24, 2.45) is 5.92 Å². The second-order valence-electron chi connectivity index (χ2n) is 7.19. The molecule has 0 radical (unpaired) electrons. The molecule has 0 unspecified atom stereocenters. The summed E-state index contributed by atoms with van der Waals surface area (Å²) >= 11 is 2.51. The van der Waals surface area contributed by atoms with Gasteiger partial charge in [-0.25, -0.2) is 4.98 Å². The fourth-order valence-corrected chi connectivity index (χ4v) is 5.18. The Morgan fingerprint density at radius 3 is 2.48 bits per heavy atom. The van der Waals surface area contributed by atoms with Gasteiger partial charge in [0.1, 0.15) is 6.42 Å². The minimum absolute atomic E-state index is 0.0168. The van der Waals surface area contributed by atoms with Gasteiger partial charge < -0.3 is 15.7 Å². The van der Waals surface area contributed by atoms with Crippen molar-refractivity contribution < 1.29 is 24.3 Å². The summed E-state index contributed by atoms with van der Waals surface area (Å²) in [6.45, 7) is 0. The third-order valence-corrected chi connectivity index (χ3v) is 7.09. The van der Waals surface area contributed by atoms with E-state index in [0.717, 1.165) is 37.0 Å². The number of thiazole rings is 1. The zero-order chi connectivity index (χ0) is 22.4. The first-order valence-electron chi connectivity index (χ1n) is 9.85. The molecule has 1 aliphatic carbocycles. The van der Waals surface area contributed by atoms with E-state index in [0.29, 0.717) is 21.2 Å². The molecule has 0 spiro atoms. The Balaban J connectivity index is 1.61. The maximum Gasteiger partial charge on any atom is 0.309 e. The minimum atomic E-state index is -1.01. The standard InChI is InChI=1S/C21H23N3O5S2/c1-30-20-15(10-18(27)28)23-21(31-20)24-17(26)11-16(25)22-14-9-5-4-8-13(14)19(29)12-6-2-3-7-12/h4-5,8-9,12H,2-3,6-7,10-11H2,1H3,(H,22,25)(H,27,28)(H,23,24,26). The molecule has 0 aliphatic heterocycles. The number of hydrogen-bond donors (Lipinski definition) is 3. The number of carboxylic acid groups (broad SMARTS) is 1. The van der Waals surface area contributed by atoms with Gasteiger partial charge in [-0.3, -0.25) is 19.2 Å². The van der Waals surface area contributed by atoms with Gasteiger partial charge in [-0.2, -0.15) is 0 Å². The summed E-state index contributed by atoms with van der Waals surface area (Å²) in [6.07, 6.45) is 4.90. The summed E-state index contributed by atoms with van der Waals surface area (Å²) in [7, 11) is 0. The number of aromatic nitrogens is 1. The van der Waals surface area contributed by atoms with Gasteiger partial charge >= 0.3 is 5.97 Å². The number of Topliss-reactive ketones (excluding diaryl/α,β-unsaturated/α-hetero) is 1. The van der Waals surface area contributed by atoms with Gasteiger partial charge in [0.05, 0.1) is 22.0 Å². The first-order valence-corrected chi connectivity index (χ1v) is 11.9. The van der Waals surface area contributed by atoms with E-state index in [2.05, 4.69) is 15.6 Å². The van der Waals surface area contributed by atoms with Gasteiger partial charge in [0.25, 0.3) is 0 Å². The van der Waals surface area contributed by atoms with Crippen LogP contribution in [0.1, 0.15) is 48.2 Å². The number of carbonyl (C=O) groups excluding carboxylic acids is 3. The number of amides is 2. The molecule has 31 heavy (non-hydrogen) atoms. The number of nitrogens with zero attached hydrogens (tertiary/aromatic N) is 1. The van der Waals surface area contributed by atoms with E-state index >= 15 is 0 Å². The number of thioether (sulfide) groups is 1. The third kappa shape index (κ3) is 6.14. The fraction of sp³-hybridized carbons (Fsp3) is 0.381. The molecular formula is C21H23N3O5S2. The SMILES string of the molecule is CSc1sc(NC(=O)CC(=O)Nc2ccccc2C(=O)C2CCCC2)nc1CC(=O)O. The van der Waals surface area contributed by atoms with Gasteiger partial charge in [0, 0.05) is 11.5 Å². The highest BCUT2D eigenvalue weighted by Gasteiger charge is 2.26. The summed E-state index contributed by atoms with van der Waals surface area (Å²) in [4.78, 5) is 52.5. The van der Waals surface area contributed by atoms with Crippen LogP contribution in [-0.4, -0.2) is 39.9 Å². The third-order valence-electron chi connectivity index (χ3n) is 4.93. The van der Waals surface area contributed by atoms with Crippen molar-refractivity contribution in [1.29, 1.82) is 0 Å². The van der Waals surface area contributed by atoms with Crippen molar-refractivity contribution in [3.05, 3.63) is 35.5 Å². The van der Waals surface area contributed by atoms with Crippen LogP contribution in [0.15, 0.2) is 28.5 Å². The van der Waals surface area contributed by atoms with Crippen LogP contribution in [0.5, 0.6) is 0 Å². The van der Waals surface area contributed by atoms with Crippen LogP contribution in [0.25, 0.3) is 0 Å². The van der Waals surface area contributed by atoms with Gasteiger partial charge in [0.15, 0.2) is 10.9 Å². The Kier molecular flexibility index (Phi) is 7.80. The second kappa shape index (κ2) is 10.5. The highest BCUT2D eigenvalue weighted by Crippen LogP contribution is 2.32. The summed E-state index contributed by atoms with van der Waals surface area (Å²) in [6, 6.07) is 6.83. The van der Waals surface area contributed by atoms with Crippen molar-refractivity contribution >= 4 is 57.5 Å². The molecule has 164 valence electrons. The Morgan fingerprint density at radius 1 is 1.13 bits per heavy atom. The van der Waals surface area contributed by atoms with Crippen molar-refractivity contribution in [2.45, 2.75) is 42.7 Å². The lowest BCUT2D eigenvalue weighted by Crippen LogP contribution is -2.23. The van der Waals surface area contributed by atoms with Crippen LogP contribution < -0.4 is 10.6 Å². The molecule has 0 bridgehead atoms. The van der Waals surface area contributed by atoms with Gasteiger partial charge in [-0.05, 0) is 31.2 Å². The molecule has 1 fully saturated rings. The van der Waals surface area contributed by atoms with Crippen LogP contribution in [0, 0.1) is 5.92 Å². The fourth-order valence-electron chi connectivity index (χ4n) is 3.52. The smallest absolute Gasteiger partial charge is 0.309 e. The molecule has 0 atom stereocenters. The van der Waals surface area contributed by atoms with E-state index in [1.807, 2.05) is 0 Å². The summed E-state index contributed by atoms with van der Waals surface area (Å²) < 4.78 is 0.696. The molecular weight excluding hydrogens is 438 g/mol. The van der Waals surface area contributed by atoms with Crippen molar-refractivity contribution in [1.82, 2.24) is 4.98 Å². The first-order chi connectivity index (χ1) is 14.9. The number of aliphatic carboxylic acids is 1. The van der Waals surface area contributed by atoms with Crippen LogP contribution in [0.3, 0.4) is 0 Å². The number of ketones is 1. The van der Waals surface area contributed by atoms with Crippen molar-refractivity contribution in [3.8, 4) is 0 Å². The molecule has 1 heterocycles. The lowest BCUT2D eigenvalue weighted by atomic mass is 9.95. The monoisotopic (exact) mass is 461 g/mol. The van der Waals surface area contributed by atoms with E-state index in [9.17, 15) is 19.2 Å². The lowest BCUT2D eigenvalue weighted by molar-refractivity contribution is -0.136. The Labute approximate surface area is 187 Å². The molecule has 10 heteroatoms. The molecule has 0 saturated heterocycles. The molecule has 3 rings (SSSR count). The van der Waals surface area contributed by atoms with E-state index in [1.165, 1.54) is 11.8 Å².